The van der Waals surface area contributed by atoms with Crippen molar-refractivity contribution in [3.63, 3.8) is 0 Å². The number of nitrogens with zero attached hydrogens (tertiary/aromatic N) is 3. The molecular weight excluding hydrogens is 745 g/mol. The van der Waals surface area contributed by atoms with Crippen molar-refractivity contribution < 1.29 is 34.1 Å². The maximum atomic E-state index is 13.7. The van der Waals surface area contributed by atoms with Crippen molar-refractivity contribution in [2.45, 2.75) is 63.6 Å². The number of hydrogen-bond donors (Lipinski definition) is 4. The number of halogens is 2. The first-order chi connectivity index (χ1) is 26.6. The number of nitrogens with one attached hydrogen (secondary N) is 2. The van der Waals surface area contributed by atoms with E-state index in [1.54, 1.807) is 25.4 Å². The first kappa shape index (κ1) is 38.5. The Morgan fingerprint density at radius 1 is 0.945 bits per heavy atom. The number of carboxylic acids is 2. The SMILES string of the molecule is COc1nc(O[C@H]2CCc3c(-c4cccc(C(=O)Nc5ncccc5CC5CCC(C(=O)O)CN5)c4Cl)cccc32)c(Cl)cc1CN1CCC[C@@H](C(=O)O)C1. The van der Waals surface area contributed by atoms with Crippen LogP contribution in [0.4, 0.5) is 5.82 Å². The molecule has 2 unspecified atom stereocenters. The van der Waals surface area contributed by atoms with Gasteiger partial charge in [0.2, 0.25) is 11.8 Å². The van der Waals surface area contributed by atoms with Crippen molar-refractivity contribution in [2.75, 3.05) is 32.1 Å². The van der Waals surface area contributed by atoms with Gasteiger partial charge in [0.25, 0.3) is 5.91 Å². The van der Waals surface area contributed by atoms with Crippen molar-refractivity contribution in [3.05, 3.63) is 98.7 Å². The van der Waals surface area contributed by atoms with Crippen molar-refractivity contribution in [1.29, 1.82) is 0 Å². The lowest BCUT2D eigenvalue weighted by atomic mass is 9.91. The minimum Gasteiger partial charge on any atom is -0.481 e. The largest absolute Gasteiger partial charge is 0.481 e. The van der Waals surface area contributed by atoms with E-state index in [0.29, 0.717) is 85.5 Å². The van der Waals surface area contributed by atoms with Crippen molar-refractivity contribution in [3.8, 4) is 22.9 Å². The van der Waals surface area contributed by atoms with E-state index in [9.17, 15) is 24.6 Å². The van der Waals surface area contributed by atoms with E-state index in [-0.39, 0.29) is 23.9 Å². The Labute approximate surface area is 329 Å². The molecule has 4 atom stereocenters. The Kier molecular flexibility index (Phi) is 11.9. The summed E-state index contributed by atoms with van der Waals surface area (Å²) in [5.74, 6) is -1.69. The second kappa shape index (κ2) is 16.9. The number of amides is 1. The van der Waals surface area contributed by atoms with Crippen LogP contribution in [0.5, 0.6) is 11.8 Å². The van der Waals surface area contributed by atoms with Crippen LogP contribution in [0.15, 0.2) is 60.8 Å². The molecule has 4 N–H and O–H groups in total. The molecule has 7 rings (SSSR count). The number of carboxylic acid groups (broad SMARTS) is 2. The summed E-state index contributed by atoms with van der Waals surface area (Å²) in [4.78, 5) is 47.9. The lowest BCUT2D eigenvalue weighted by Gasteiger charge is -2.30. The minimum atomic E-state index is -0.790. The summed E-state index contributed by atoms with van der Waals surface area (Å²) >= 11 is 13.8. The predicted octanol–water partition coefficient (Wildman–Crippen LogP) is 7.07. The molecular formula is C41H43Cl2N5O7. The molecule has 0 bridgehead atoms. The number of aliphatic carboxylic acids is 2. The van der Waals surface area contributed by atoms with Gasteiger partial charge in [-0.2, -0.15) is 4.98 Å². The Morgan fingerprint density at radius 2 is 1.75 bits per heavy atom. The van der Waals surface area contributed by atoms with E-state index < -0.39 is 23.8 Å². The summed E-state index contributed by atoms with van der Waals surface area (Å²) in [5, 5.41) is 25.8. The van der Waals surface area contributed by atoms with E-state index in [0.717, 1.165) is 46.3 Å². The Morgan fingerprint density at radius 3 is 2.51 bits per heavy atom. The van der Waals surface area contributed by atoms with Crippen LogP contribution in [-0.2, 0) is 29.0 Å². The van der Waals surface area contributed by atoms with E-state index in [4.69, 9.17) is 32.7 Å². The molecule has 0 spiro atoms. The third kappa shape index (κ3) is 8.57. The van der Waals surface area contributed by atoms with Gasteiger partial charge in [-0.3, -0.25) is 19.3 Å². The van der Waals surface area contributed by atoms with Gasteiger partial charge in [-0.05, 0) is 91.9 Å². The molecule has 55 heavy (non-hydrogen) atoms. The van der Waals surface area contributed by atoms with E-state index in [2.05, 4.69) is 25.5 Å². The van der Waals surface area contributed by atoms with E-state index in [1.165, 1.54) is 0 Å². The molecule has 4 heterocycles. The Balaban J connectivity index is 1.06. The zero-order chi connectivity index (χ0) is 38.6. The van der Waals surface area contributed by atoms with Crippen LogP contribution in [0, 0.1) is 11.8 Å². The maximum Gasteiger partial charge on any atom is 0.307 e. The third-order valence-electron chi connectivity index (χ3n) is 10.9. The van der Waals surface area contributed by atoms with Crippen LogP contribution in [0.2, 0.25) is 10.0 Å². The van der Waals surface area contributed by atoms with Gasteiger partial charge < -0.3 is 30.3 Å². The highest BCUT2D eigenvalue weighted by Gasteiger charge is 2.31. The van der Waals surface area contributed by atoms with Crippen LogP contribution >= 0.6 is 23.2 Å². The van der Waals surface area contributed by atoms with Crippen LogP contribution in [0.25, 0.3) is 11.1 Å². The molecule has 2 saturated heterocycles. The molecule has 12 nitrogen and oxygen atoms in total. The highest BCUT2D eigenvalue weighted by Crippen LogP contribution is 2.43. The van der Waals surface area contributed by atoms with Crippen LogP contribution in [0.1, 0.15) is 70.8 Å². The van der Waals surface area contributed by atoms with Crippen LogP contribution < -0.4 is 20.1 Å². The molecule has 2 aromatic heterocycles. The highest BCUT2D eigenvalue weighted by molar-refractivity contribution is 6.37. The number of methoxy groups -OCH3 is 1. The molecule has 1 amide bonds. The van der Waals surface area contributed by atoms with Gasteiger partial charge in [-0.25, -0.2) is 4.98 Å². The summed E-state index contributed by atoms with van der Waals surface area (Å²) < 4.78 is 12.1. The zero-order valence-electron chi connectivity index (χ0n) is 30.4. The van der Waals surface area contributed by atoms with E-state index in [1.807, 2.05) is 42.5 Å². The quantitative estimate of drug-likeness (QED) is 0.116. The summed E-state index contributed by atoms with van der Waals surface area (Å²) in [7, 11) is 1.54. The standard InChI is InChI=1S/C41H43Cl2N5O7/c1-54-38-26(22-48-17-5-7-25(21-48)41(52)53)19-33(42)39(47-38)55-34-15-14-29-28(8-2-9-30(29)34)31-10-3-11-32(35(31)43)37(49)46-36-23(6-4-16-44-36)18-27-13-12-24(20-45-27)40(50)51/h2-4,6,8-11,16,19,24-25,27,34,45H,5,7,12-15,17-18,20-22H2,1H3,(H,50,51)(H,52,53)(H,44,46,49)/t24?,25-,27?,34+/m1/s1. The van der Waals surface area contributed by atoms with Gasteiger partial charge in [0.15, 0.2) is 0 Å². The van der Waals surface area contributed by atoms with Crippen LogP contribution in [-0.4, -0.2) is 75.7 Å². The van der Waals surface area contributed by atoms with Gasteiger partial charge in [-0.15, -0.1) is 0 Å². The summed E-state index contributed by atoms with van der Waals surface area (Å²) in [6.07, 6.45) is 6.03. The summed E-state index contributed by atoms with van der Waals surface area (Å²) in [5.41, 5.74) is 5.57. The number of ether oxygens (including phenoxy) is 2. The van der Waals surface area contributed by atoms with Crippen molar-refractivity contribution in [2.24, 2.45) is 11.8 Å². The molecule has 0 saturated carbocycles. The first-order valence-electron chi connectivity index (χ1n) is 18.6. The molecule has 3 aliphatic rings. The number of anilines is 1. The minimum absolute atomic E-state index is 0.0725. The van der Waals surface area contributed by atoms with Gasteiger partial charge in [-0.1, -0.05) is 59.6 Å². The summed E-state index contributed by atoms with van der Waals surface area (Å²) in [6.45, 7) is 2.11. The molecule has 4 aromatic rings. The molecule has 288 valence electrons. The molecule has 2 aromatic carbocycles. The lowest BCUT2D eigenvalue weighted by molar-refractivity contribution is -0.144. The first-order valence-corrected chi connectivity index (χ1v) is 19.3. The van der Waals surface area contributed by atoms with Crippen molar-refractivity contribution >= 4 is 46.9 Å². The number of fused-ring (bicyclic) bond motifs is 1. The third-order valence-corrected chi connectivity index (χ3v) is 11.6. The number of carbonyl (C=O) groups is 3. The summed E-state index contributed by atoms with van der Waals surface area (Å²) in [6, 6.07) is 16.9. The maximum absolute atomic E-state index is 13.7. The number of hydrogen-bond acceptors (Lipinski definition) is 9. The smallest absolute Gasteiger partial charge is 0.307 e. The van der Waals surface area contributed by atoms with Gasteiger partial charge in [0.1, 0.15) is 16.9 Å². The zero-order valence-corrected chi connectivity index (χ0v) is 31.9. The Bertz CT molecular complexity index is 2090. The second-order valence-corrected chi connectivity index (χ2v) is 15.2. The fourth-order valence-corrected chi connectivity index (χ4v) is 8.54. The van der Waals surface area contributed by atoms with Crippen LogP contribution in [0.3, 0.4) is 0 Å². The van der Waals surface area contributed by atoms with Gasteiger partial charge >= 0.3 is 11.9 Å². The monoisotopic (exact) mass is 787 g/mol. The van der Waals surface area contributed by atoms with E-state index >= 15 is 0 Å². The van der Waals surface area contributed by atoms with Gasteiger partial charge in [0.05, 0.1) is 29.5 Å². The van der Waals surface area contributed by atoms with Gasteiger partial charge in [0, 0.05) is 43.0 Å². The number of rotatable bonds is 12. The molecule has 0 radical (unpaired) electrons. The number of pyridine rings is 2. The molecule has 14 heteroatoms. The molecule has 1 aliphatic carbocycles. The highest BCUT2D eigenvalue weighted by atomic mass is 35.5. The van der Waals surface area contributed by atoms with Crippen molar-refractivity contribution in [1.82, 2.24) is 20.2 Å². The molecule has 2 fully saturated rings. The molecule has 2 aliphatic heterocycles. The fourth-order valence-electron chi connectivity index (χ4n) is 8.01. The lowest BCUT2D eigenvalue weighted by Crippen LogP contribution is -2.42. The Hall–Kier alpha value is -4.75. The number of likely N-dealkylation sites (tertiary alicyclic amines) is 1. The normalized spacial score (nSPS) is 21.1. The topological polar surface area (TPSA) is 163 Å². The second-order valence-electron chi connectivity index (χ2n) is 14.4. The number of carbonyl (C=O) groups excluding carboxylic acids is 1. The average molecular weight is 789 g/mol. The fraction of sp³-hybridized carbons (Fsp3) is 0.390. The number of benzene rings is 2. The predicted molar refractivity (Wildman–Crippen MR) is 208 cm³/mol. The number of piperidine rings is 2. The average Bonchev–Trinajstić information content (AvgIpc) is 3.60. The number of aromatic nitrogens is 2.